The zero-order valence-corrected chi connectivity index (χ0v) is 31.1. The number of anilines is 3. The second kappa shape index (κ2) is 14.6. The molecule has 10 rings (SSSR count). The lowest BCUT2D eigenvalue weighted by Crippen LogP contribution is -2.30. The molecule has 56 heavy (non-hydrogen) atoms. The van der Waals surface area contributed by atoms with Crippen LogP contribution in [0.1, 0.15) is 12.8 Å². The average molecular weight is 717 g/mol. The van der Waals surface area contributed by atoms with Gasteiger partial charge >= 0.3 is 0 Å². The van der Waals surface area contributed by atoms with Crippen LogP contribution in [0.2, 0.25) is 0 Å². The van der Waals surface area contributed by atoms with Crippen LogP contribution < -0.4 is 15.5 Å². The lowest BCUT2D eigenvalue weighted by atomic mass is 9.99. The summed E-state index contributed by atoms with van der Waals surface area (Å²) in [5.41, 5.74) is 15.4. The first-order valence-electron chi connectivity index (χ1n) is 19.5. The second-order valence-corrected chi connectivity index (χ2v) is 14.5. The Morgan fingerprint density at radius 1 is 0.321 bits per heavy atom. The summed E-state index contributed by atoms with van der Waals surface area (Å²) in [6.45, 7) is 0. The van der Waals surface area contributed by atoms with Gasteiger partial charge in [-0.2, -0.15) is 0 Å². The van der Waals surface area contributed by atoms with Crippen LogP contribution in [-0.4, -0.2) is 4.57 Å². The smallest absolute Gasteiger partial charge is 0.0540 e. The largest absolute Gasteiger partial charge is 0.311 e. The zero-order valence-electron chi connectivity index (χ0n) is 31.1. The van der Waals surface area contributed by atoms with Gasteiger partial charge in [0.25, 0.3) is 0 Å². The van der Waals surface area contributed by atoms with Gasteiger partial charge in [0.1, 0.15) is 0 Å². The molecule has 0 aliphatic heterocycles. The lowest BCUT2D eigenvalue weighted by Gasteiger charge is -2.26. The van der Waals surface area contributed by atoms with Gasteiger partial charge in [0.15, 0.2) is 0 Å². The molecule has 2 nitrogen and oxygen atoms in total. The number of benzene rings is 8. The van der Waals surface area contributed by atoms with E-state index < -0.39 is 0 Å². The van der Waals surface area contributed by atoms with E-state index in [0.717, 1.165) is 29.9 Å². The first-order valence-corrected chi connectivity index (χ1v) is 19.5. The van der Waals surface area contributed by atoms with Crippen LogP contribution in [0.25, 0.3) is 73.2 Å². The Bertz CT molecular complexity index is 2760. The molecule has 266 valence electrons. The summed E-state index contributed by atoms with van der Waals surface area (Å²) in [5, 5.41) is 3.96. The first-order chi connectivity index (χ1) is 27.8. The Balaban J connectivity index is 1.00. The third-order valence-corrected chi connectivity index (χ3v) is 11.1. The van der Waals surface area contributed by atoms with Crippen LogP contribution in [0, 0.1) is 0 Å². The molecule has 0 saturated carbocycles. The topological polar surface area (TPSA) is 8.17 Å². The fraction of sp³-hybridized carbons (Fsp3) is 0.0370. The fourth-order valence-corrected chi connectivity index (χ4v) is 8.20. The molecule has 0 bridgehead atoms. The quantitative estimate of drug-likeness (QED) is 0.152. The van der Waals surface area contributed by atoms with Crippen molar-refractivity contribution in [1.82, 2.24) is 4.57 Å². The highest BCUT2D eigenvalue weighted by molar-refractivity contribution is 5.85. The van der Waals surface area contributed by atoms with Crippen LogP contribution in [-0.2, 0) is 0 Å². The number of nitrogens with zero attached hydrogens (tertiary/aromatic N) is 2. The van der Waals surface area contributed by atoms with Gasteiger partial charge in [0.05, 0.1) is 5.52 Å². The molecule has 0 spiro atoms. The van der Waals surface area contributed by atoms with E-state index >= 15 is 0 Å². The van der Waals surface area contributed by atoms with E-state index in [4.69, 9.17) is 0 Å². The van der Waals surface area contributed by atoms with Crippen molar-refractivity contribution in [3.63, 3.8) is 0 Å². The van der Waals surface area contributed by atoms with Gasteiger partial charge in [-0.3, -0.25) is 0 Å². The van der Waals surface area contributed by atoms with E-state index in [1.807, 2.05) is 0 Å². The molecule has 2 heteroatoms. The summed E-state index contributed by atoms with van der Waals surface area (Å²) in [7, 11) is 0. The molecule has 0 unspecified atom stereocenters. The zero-order chi connectivity index (χ0) is 37.3. The van der Waals surface area contributed by atoms with Gasteiger partial charge in [-0.25, -0.2) is 0 Å². The fourth-order valence-electron chi connectivity index (χ4n) is 8.20. The van der Waals surface area contributed by atoms with Crippen molar-refractivity contribution < 1.29 is 0 Å². The van der Waals surface area contributed by atoms with Crippen molar-refractivity contribution in [2.45, 2.75) is 12.8 Å². The Hall–Kier alpha value is -7.16. The van der Waals surface area contributed by atoms with Gasteiger partial charge in [-0.1, -0.05) is 164 Å². The SMILES string of the molecule is C1=c2c(n(-c3ccc(N(c4ccc(-c5ccc(-c6ccccc6)cc5)cc4)c4ccc(-c5ccc(-c6ccccc6)cc5)cc4)cc3)c3ccccc23)=CCC1. The van der Waals surface area contributed by atoms with E-state index in [2.05, 4.69) is 228 Å². The molecular formula is C54H40N2. The third kappa shape index (κ3) is 6.32. The number of hydrogen-bond acceptors (Lipinski definition) is 1. The minimum Gasteiger partial charge on any atom is -0.311 e. The summed E-state index contributed by atoms with van der Waals surface area (Å²) < 4.78 is 2.42. The molecule has 1 aliphatic carbocycles. The molecule has 9 aromatic rings. The summed E-state index contributed by atoms with van der Waals surface area (Å²) in [4.78, 5) is 2.36. The highest BCUT2D eigenvalue weighted by atomic mass is 15.1. The summed E-state index contributed by atoms with van der Waals surface area (Å²) in [6.07, 6.45) is 6.94. The van der Waals surface area contributed by atoms with Crippen molar-refractivity contribution in [1.29, 1.82) is 0 Å². The standard InChI is InChI=1S/C54H40N2/c1-3-11-39(12-4-1)41-19-23-43(24-20-41)45-27-31-47(32-28-45)55(48-33-29-46(30-34-48)44-25-21-42(22-26-44)40-13-5-2-6-14-40)49-35-37-50(38-36-49)56-53-17-9-7-15-51(53)52-16-8-10-18-54(52)56/h1-7,9,11-38H,8,10H2. The maximum atomic E-state index is 2.42. The monoisotopic (exact) mass is 716 g/mol. The van der Waals surface area contributed by atoms with Crippen LogP contribution in [0.4, 0.5) is 17.1 Å². The summed E-state index contributed by atoms with van der Waals surface area (Å²) >= 11 is 0. The highest BCUT2D eigenvalue weighted by Crippen LogP contribution is 2.38. The summed E-state index contributed by atoms with van der Waals surface area (Å²) in [6, 6.07) is 74.6. The van der Waals surface area contributed by atoms with Crippen molar-refractivity contribution in [3.8, 4) is 50.2 Å². The van der Waals surface area contributed by atoms with Gasteiger partial charge in [-0.05, 0) is 112 Å². The molecule has 1 heterocycles. The van der Waals surface area contributed by atoms with Gasteiger partial charge in [0, 0.05) is 38.7 Å². The Kier molecular flexibility index (Phi) is 8.70. The van der Waals surface area contributed by atoms with Crippen LogP contribution in [0.5, 0.6) is 0 Å². The van der Waals surface area contributed by atoms with E-state index in [-0.39, 0.29) is 0 Å². The summed E-state index contributed by atoms with van der Waals surface area (Å²) in [5.74, 6) is 0. The molecule has 0 atom stereocenters. The van der Waals surface area contributed by atoms with Gasteiger partial charge in [0.2, 0.25) is 0 Å². The van der Waals surface area contributed by atoms with Crippen molar-refractivity contribution in [2.24, 2.45) is 0 Å². The van der Waals surface area contributed by atoms with Crippen molar-refractivity contribution in [3.05, 3.63) is 217 Å². The number of para-hydroxylation sites is 1. The molecule has 0 saturated heterocycles. The molecule has 0 radical (unpaired) electrons. The normalized spacial score (nSPS) is 12.1. The Morgan fingerprint density at radius 2 is 0.679 bits per heavy atom. The molecule has 0 N–H and O–H groups in total. The lowest BCUT2D eigenvalue weighted by molar-refractivity contribution is 1.02. The predicted molar refractivity (Wildman–Crippen MR) is 237 cm³/mol. The number of fused-ring (bicyclic) bond motifs is 3. The van der Waals surface area contributed by atoms with E-state index in [1.54, 1.807) is 0 Å². The molecule has 0 amide bonds. The van der Waals surface area contributed by atoms with Crippen LogP contribution >= 0.6 is 0 Å². The van der Waals surface area contributed by atoms with Crippen molar-refractivity contribution in [2.75, 3.05) is 4.90 Å². The second-order valence-electron chi connectivity index (χ2n) is 14.5. The van der Waals surface area contributed by atoms with Crippen LogP contribution in [0.15, 0.2) is 206 Å². The molecule has 8 aromatic carbocycles. The number of hydrogen-bond donors (Lipinski definition) is 0. The molecule has 0 fully saturated rings. The van der Waals surface area contributed by atoms with E-state index in [1.165, 1.54) is 71.7 Å². The Labute approximate surface area is 328 Å². The minimum absolute atomic E-state index is 1.06. The maximum absolute atomic E-state index is 2.42. The predicted octanol–water partition coefficient (Wildman–Crippen LogP) is 13.1. The average Bonchev–Trinajstić information content (AvgIpc) is 3.62. The van der Waals surface area contributed by atoms with Gasteiger partial charge in [-0.15, -0.1) is 0 Å². The molecule has 1 aliphatic rings. The number of aromatic nitrogens is 1. The molecule has 1 aromatic heterocycles. The minimum atomic E-state index is 1.06. The third-order valence-electron chi connectivity index (χ3n) is 11.1. The Morgan fingerprint density at radius 3 is 1.14 bits per heavy atom. The highest BCUT2D eigenvalue weighted by Gasteiger charge is 2.16. The van der Waals surface area contributed by atoms with Crippen molar-refractivity contribution >= 4 is 40.1 Å². The molecular weight excluding hydrogens is 677 g/mol. The van der Waals surface area contributed by atoms with Crippen LogP contribution in [0.3, 0.4) is 0 Å². The van der Waals surface area contributed by atoms with E-state index in [9.17, 15) is 0 Å². The maximum Gasteiger partial charge on any atom is 0.0540 e. The number of rotatable bonds is 8. The van der Waals surface area contributed by atoms with Gasteiger partial charge < -0.3 is 9.47 Å². The first kappa shape index (κ1) is 33.4. The van der Waals surface area contributed by atoms with E-state index in [0.29, 0.717) is 0 Å².